The predicted molar refractivity (Wildman–Crippen MR) is 53.5 cm³/mol. The van der Waals surface area contributed by atoms with Crippen molar-refractivity contribution in [2.45, 2.75) is 19.4 Å². The number of hydrogen-bond donors (Lipinski definition) is 3. The van der Waals surface area contributed by atoms with Gasteiger partial charge in [0, 0.05) is 0 Å². The van der Waals surface area contributed by atoms with Crippen molar-refractivity contribution in [1.29, 1.82) is 0 Å². The number of benzene rings is 1. The summed E-state index contributed by atoms with van der Waals surface area (Å²) < 4.78 is 0. The molecule has 0 aromatic heterocycles. The highest BCUT2D eigenvalue weighted by Gasteiger charge is 2.12. The summed E-state index contributed by atoms with van der Waals surface area (Å²) in [5.74, 6) is 4.41. The molecule has 0 fully saturated rings. The van der Waals surface area contributed by atoms with E-state index in [1.54, 1.807) is 0 Å². The van der Waals surface area contributed by atoms with Crippen LogP contribution in [0.5, 0.6) is 0 Å². The fourth-order valence-electron chi connectivity index (χ4n) is 1.25. The molecular formula is C10H14N2O2. The van der Waals surface area contributed by atoms with E-state index in [0.29, 0.717) is 0 Å². The van der Waals surface area contributed by atoms with Crippen molar-refractivity contribution in [3.8, 4) is 0 Å². The highest BCUT2D eigenvalue weighted by Crippen LogP contribution is 2.16. The Bertz CT molecular complexity index is 308. The summed E-state index contributed by atoms with van der Waals surface area (Å²) in [5.41, 5.74) is 4.52. The Kier molecular flexibility index (Phi) is 3.62. The molecule has 0 aliphatic rings. The molecule has 0 spiro atoms. The van der Waals surface area contributed by atoms with Crippen LogP contribution >= 0.6 is 0 Å². The van der Waals surface area contributed by atoms with Crippen LogP contribution in [0.4, 0.5) is 0 Å². The van der Waals surface area contributed by atoms with E-state index >= 15 is 0 Å². The molecule has 0 heterocycles. The van der Waals surface area contributed by atoms with Crippen LogP contribution in [-0.4, -0.2) is 11.1 Å². The minimum Gasteiger partial charge on any atom is -0.481 e. The van der Waals surface area contributed by atoms with Crippen molar-refractivity contribution in [1.82, 2.24) is 5.43 Å². The summed E-state index contributed by atoms with van der Waals surface area (Å²) in [5, 5.41) is 8.64. The molecule has 0 radical (unpaired) electrons. The maximum absolute atomic E-state index is 10.5. The predicted octanol–water partition coefficient (Wildman–Crippen LogP) is 0.974. The van der Waals surface area contributed by atoms with E-state index in [1.165, 1.54) is 0 Å². The van der Waals surface area contributed by atoms with Crippen molar-refractivity contribution >= 4 is 5.97 Å². The summed E-state index contributed by atoms with van der Waals surface area (Å²) in [6.07, 6.45) is -0.0143. The fourth-order valence-corrected chi connectivity index (χ4v) is 1.25. The van der Waals surface area contributed by atoms with Crippen molar-refractivity contribution in [3.63, 3.8) is 0 Å². The van der Waals surface area contributed by atoms with Gasteiger partial charge in [0.2, 0.25) is 0 Å². The Hall–Kier alpha value is -1.39. The number of aryl methyl sites for hydroxylation is 1. The molecule has 4 nitrogen and oxygen atoms in total. The summed E-state index contributed by atoms with van der Waals surface area (Å²) in [6, 6.07) is 7.29. The first kappa shape index (κ1) is 10.7. The van der Waals surface area contributed by atoms with Gasteiger partial charge in [0.05, 0.1) is 12.5 Å². The van der Waals surface area contributed by atoms with E-state index in [2.05, 4.69) is 5.43 Å². The van der Waals surface area contributed by atoms with Gasteiger partial charge < -0.3 is 5.11 Å². The first-order valence-corrected chi connectivity index (χ1v) is 4.38. The molecule has 4 heteroatoms. The molecular weight excluding hydrogens is 180 g/mol. The van der Waals surface area contributed by atoms with Crippen LogP contribution in [0, 0.1) is 6.92 Å². The zero-order valence-electron chi connectivity index (χ0n) is 8.03. The third kappa shape index (κ3) is 2.83. The number of carboxylic acids is 1. The van der Waals surface area contributed by atoms with E-state index in [9.17, 15) is 4.79 Å². The summed E-state index contributed by atoms with van der Waals surface area (Å²) in [6.45, 7) is 1.98. The first-order valence-electron chi connectivity index (χ1n) is 4.38. The monoisotopic (exact) mass is 194 g/mol. The van der Waals surface area contributed by atoms with Crippen LogP contribution in [0.15, 0.2) is 24.3 Å². The van der Waals surface area contributed by atoms with Gasteiger partial charge in [0.15, 0.2) is 0 Å². The van der Waals surface area contributed by atoms with Crippen molar-refractivity contribution in [2.24, 2.45) is 5.84 Å². The number of carboxylic acid groups (broad SMARTS) is 1. The van der Waals surface area contributed by atoms with E-state index in [1.807, 2.05) is 31.2 Å². The zero-order chi connectivity index (χ0) is 10.6. The molecule has 0 aliphatic carbocycles. The normalized spacial score (nSPS) is 12.4. The highest BCUT2D eigenvalue weighted by molar-refractivity contribution is 5.67. The van der Waals surface area contributed by atoms with Crippen molar-refractivity contribution in [3.05, 3.63) is 35.4 Å². The molecule has 0 saturated heterocycles. The number of carbonyl (C=O) groups is 1. The first-order chi connectivity index (χ1) is 6.63. The lowest BCUT2D eigenvalue weighted by Gasteiger charge is -2.13. The Labute approximate surface area is 82.7 Å². The van der Waals surface area contributed by atoms with Crippen LogP contribution in [-0.2, 0) is 4.79 Å². The Balaban J connectivity index is 2.78. The van der Waals surface area contributed by atoms with Gasteiger partial charge in [-0.3, -0.25) is 16.1 Å². The smallest absolute Gasteiger partial charge is 0.305 e. The summed E-state index contributed by atoms with van der Waals surface area (Å²) in [4.78, 5) is 10.5. The minimum absolute atomic E-state index is 0.0143. The minimum atomic E-state index is -0.867. The van der Waals surface area contributed by atoms with Crippen LogP contribution in [0.3, 0.4) is 0 Å². The second-order valence-corrected chi connectivity index (χ2v) is 3.23. The molecule has 1 rings (SSSR count). The molecule has 0 bridgehead atoms. The maximum atomic E-state index is 10.5. The zero-order valence-corrected chi connectivity index (χ0v) is 8.03. The fraction of sp³-hybridized carbons (Fsp3) is 0.300. The molecule has 1 unspecified atom stereocenters. The van der Waals surface area contributed by atoms with Gasteiger partial charge in [-0.25, -0.2) is 0 Å². The number of rotatable bonds is 4. The van der Waals surface area contributed by atoms with E-state index < -0.39 is 5.97 Å². The molecule has 0 saturated carbocycles. The number of nitrogens with two attached hydrogens (primary N) is 1. The van der Waals surface area contributed by atoms with Crippen molar-refractivity contribution in [2.75, 3.05) is 0 Å². The molecule has 76 valence electrons. The lowest BCUT2D eigenvalue weighted by Crippen LogP contribution is -2.29. The third-order valence-electron chi connectivity index (χ3n) is 2.06. The standard InChI is InChI=1S/C10H14N2O2/c1-7-2-4-8(5-3-7)9(12-11)6-10(13)14/h2-5,9,12H,6,11H2,1H3,(H,13,14). The average Bonchev–Trinajstić information content (AvgIpc) is 2.15. The Morgan fingerprint density at radius 2 is 2.07 bits per heavy atom. The molecule has 4 N–H and O–H groups in total. The molecule has 0 aliphatic heterocycles. The van der Waals surface area contributed by atoms with Gasteiger partial charge in [0.1, 0.15) is 0 Å². The van der Waals surface area contributed by atoms with E-state index in [-0.39, 0.29) is 12.5 Å². The van der Waals surface area contributed by atoms with Gasteiger partial charge in [-0.1, -0.05) is 29.8 Å². The largest absolute Gasteiger partial charge is 0.481 e. The van der Waals surface area contributed by atoms with Crippen LogP contribution in [0.2, 0.25) is 0 Å². The molecule has 14 heavy (non-hydrogen) atoms. The number of nitrogens with one attached hydrogen (secondary N) is 1. The third-order valence-corrected chi connectivity index (χ3v) is 2.06. The van der Waals surface area contributed by atoms with Gasteiger partial charge >= 0.3 is 5.97 Å². The summed E-state index contributed by atoms with van der Waals surface area (Å²) in [7, 11) is 0. The molecule has 0 amide bonds. The van der Waals surface area contributed by atoms with Gasteiger partial charge in [-0.15, -0.1) is 0 Å². The second kappa shape index (κ2) is 4.74. The topological polar surface area (TPSA) is 75.3 Å². The van der Waals surface area contributed by atoms with Crippen LogP contribution < -0.4 is 11.3 Å². The number of hydrogen-bond acceptors (Lipinski definition) is 3. The van der Waals surface area contributed by atoms with Gasteiger partial charge in [0.25, 0.3) is 0 Å². The Morgan fingerprint density at radius 3 is 2.50 bits per heavy atom. The molecule has 1 aromatic carbocycles. The summed E-state index contributed by atoms with van der Waals surface area (Å²) >= 11 is 0. The maximum Gasteiger partial charge on any atom is 0.305 e. The van der Waals surface area contributed by atoms with Gasteiger partial charge in [-0.2, -0.15) is 0 Å². The Morgan fingerprint density at radius 1 is 1.50 bits per heavy atom. The SMILES string of the molecule is Cc1ccc(C(CC(=O)O)NN)cc1. The van der Waals surface area contributed by atoms with E-state index in [4.69, 9.17) is 10.9 Å². The van der Waals surface area contributed by atoms with Crippen molar-refractivity contribution < 1.29 is 9.90 Å². The average molecular weight is 194 g/mol. The molecule has 1 aromatic rings. The van der Waals surface area contributed by atoms with Crippen LogP contribution in [0.25, 0.3) is 0 Å². The number of hydrazine groups is 1. The number of aliphatic carboxylic acids is 1. The second-order valence-electron chi connectivity index (χ2n) is 3.23. The molecule has 1 atom stereocenters. The van der Waals surface area contributed by atoms with E-state index in [0.717, 1.165) is 11.1 Å². The highest BCUT2D eigenvalue weighted by atomic mass is 16.4. The quantitative estimate of drug-likeness (QED) is 0.493. The lowest BCUT2D eigenvalue weighted by molar-refractivity contribution is -0.137. The van der Waals surface area contributed by atoms with Gasteiger partial charge in [-0.05, 0) is 12.5 Å². The lowest BCUT2D eigenvalue weighted by atomic mass is 10.0. The van der Waals surface area contributed by atoms with Crippen LogP contribution in [0.1, 0.15) is 23.6 Å².